The highest BCUT2D eigenvalue weighted by Crippen LogP contribution is 2.19. The van der Waals surface area contributed by atoms with E-state index >= 15 is 0 Å². The first-order valence-electron chi connectivity index (χ1n) is 8.42. The van der Waals surface area contributed by atoms with Crippen molar-refractivity contribution in [3.05, 3.63) is 29.6 Å². The molecule has 5 nitrogen and oxygen atoms in total. The number of piperazine rings is 1. The predicted octanol–water partition coefficient (Wildman–Crippen LogP) is 2.35. The van der Waals surface area contributed by atoms with Gasteiger partial charge in [-0.25, -0.2) is 4.39 Å². The molecule has 2 rings (SSSR count). The van der Waals surface area contributed by atoms with Crippen molar-refractivity contribution in [1.29, 1.82) is 0 Å². The summed E-state index contributed by atoms with van der Waals surface area (Å²) in [5.41, 5.74) is 0.272. The van der Waals surface area contributed by atoms with Crippen LogP contribution in [0.3, 0.4) is 0 Å². The zero-order chi connectivity index (χ0) is 17.5. The van der Waals surface area contributed by atoms with Crippen LogP contribution >= 0.6 is 0 Å². The Kier molecular flexibility index (Phi) is 6.73. The Balaban J connectivity index is 1.81. The minimum Gasteiger partial charge on any atom is -0.494 e. The number of nitrogens with zero attached hydrogens (tertiary/aromatic N) is 2. The number of ketones is 1. The van der Waals surface area contributed by atoms with Crippen molar-refractivity contribution < 1.29 is 18.7 Å². The second-order valence-electron chi connectivity index (χ2n) is 5.99. The number of halogens is 1. The van der Waals surface area contributed by atoms with E-state index in [9.17, 15) is 14.0 Å². The summed E-state index contributed by atoms with van der Waals surface area (Å²) in [5, 5.41) is 0. The van der Waals surface area contributed by atoms with E-state index in [1.807, 2.05) is 4.90 Å². The van der Waals surface area contributed by atoms with Gasteiger partial charge in [0.2, 0.25) is 5.91 Å². The third-order valence-electron chi connectivity index (χ3n) is 4.30. The van der Waals surface area contributed by atoms with Gasteiger partial charge < -0.3 is 9.64 Å². The lowest BCUT2D eigenvalue weighted by Gasteiger charge is -2.34. The summed E-state index contributed by atoms with van der Waals surface area (Å²) in [4.78, 5) is 28.5. The minimum atomic E-state index is -0.568. The van der Waals surface area contributed by atoms with Crippen LogP contribution in [0.5, 0.6) is 5.75 Å². The Morgan fingerprint density at radius 3 is 2.46 bits per heavy atom. The molecule has 0 radical (unpaired) electrons. The van der Waals surface area contributed by atoms with E-state index in [1.165, 1.54) is 19.2 Å². The predicted molar refractivity (Wildman–Crippen MR) is 89.8 cm³/mol. The summed E-state index contributed by atoms with van der Waals surface area (Å²) < 4.78 is 18.5. The van der Waals surface area contributed by atoms with Crippen LogP contribution in [-0.2, 0) is 4.79 Å². The maximum atomic E-state index is 13.6. The van der Waals surface area contributed by atoms with Crippen LogP contribution in [0.4, 0.5) is 4.39 Å². The molecular formula is C18H25FN2O3. The van der Waals surface area contributed by atoms with Crippen molar-refractivity contribution in [1.82, 2.24) is 9.80 Å². The second-order valence-corrected chi connectivity index (χ2v) is 5.99. The van der Waals surface area contributed by atoms with E-state index in [2.05, 4.69) is 11.8 Å². The number of benzene rings is 1. The summed E-state index contributed by atoms with van der Waals surface area (Å²) in [6.45, 7) is 6.40. The molecule has 1 aromatic rings. The lowest BCUT2D eigenvalue weighted by atomic mass is 10.1. The summed E-state index contributed by atoms with van der Waals surface area (Å²) in [6, 6.07) is 4.12. The molecule has 1 saturated heterocycles. The van der Waals surface area contributed by atoms with Gasteiger partial charge >= 0.3 is 0 Å². The molecule has 0 spiro atoms. The Hall–Kier alpha value is -1.95. The monoisotopic (exact) mass is 336 g/mol. The van der Waals surface area contributed by atoms with Crippen molar-refractivity contribution in [3.8, 4) is 5.75 Å². The van der Waals surface area contributed by atoms with Gasteiger partial charge in [-0.15, -0.1) is 0 Å². The van der Waals surface area contributed by atoms with E-state index in [0.717, 1.165) is 32.1 Å². The van der Waals surface area contributed by atoms with Crippen molar-refractivity contribution in [2.24, 2.45) is 0 Å². The normalized spacial score (nSPS) is 15.4. The van der Waals surface area contributed by atoms with Crippen LogP contribution in [0.2, 0.25) is 0 Å². The Labute approximate surface area is 142 Å². The number of rotatable bonds is 7. The van der Waals surface area contributed by atoms with Gasteiger partial charge in [-0.1, -0.05) is 6.92 Å². The molecule has 132 valence electrons. The van der Waals surface area contributed by atoms with Crippen molar-refractivity contribution in [3.63, 3.8) is 0 Å². The van der Waals surface area contributed by atoms with Gasteiger partial charge in [-0.05, 0) is 31.2 Å². The van der Waals surface area contributed by atoms with Crippen LogP contribution < -0.4 is 4.74 Å². The van der Waals surface area contributed by atoms with Gasteiger partial charge in [-0.2, -0.15) is 0 Å². The third-order valence-corrected chi connectivity index (χ3v) is 4.30. The molecule has 0 aliphatic carbocycles. The molecule has 0 aromatic heterocycles. The standard InChI is InChI=1S/C18H25FN2O3/c1-3-8-20-9-11-21(12-10-20)18(23)7-5-16(22)14-4-6-17(24-2)15(19)13-14/h4,6,13H,3,5,7-12H2,1-2H3. The van der Waals surface area contributed by atoms with Gasteiger partial charge in [0.25, 0.3) is 0 Å². The number of methoxy groups -OCH3 is 1. The highest BCUT2D eigenvalue weighted by Gasteiger charge is 2.21. The Morgan fingerprint density at radius 1 is 1.17 bits per heavy atom. The van der Waals surface area contributed by atoms with E-state index < -0.39 is 5.82 Å². The molecule has 1 aromatic carbocycles. The van der Waals surface area contributed by atoms with Gasteiger partial charge in [0.1, 0.15) is 0 Å². The van der Waals surface area contributed by atoms with E-state index in [4.69, 9.17) is 4.74 Å². The number of ether oxygens (including phenoxy) is 1. The quantitative estimate of drug-likeness (QED) is 0.717. The zero-order valence-electron chi connectivity index (χ0n) is 14.4. The van der Waals surface area contributed by atoms with Crippen LogP contribution in [0.15, 0.2) is 18.2 Å². The summed E-state index contributed by atoms with van der Waals surface area (Å²) >= 11 is 0. The van der Waals surface area contributed by atoms with Crippen molar-refractivity contribution in [2.75, 3.05) is 39.8 Å². The molecule has 0 atom stereocenters. The van der Waals surface area contributed by atoms with Gasteiger partial charge in [0.05, 0.1) is 7.11 Å². The maximum absolute atomic E-state index is 13.6. The molecule has 1 amide bonds. The zero-order valence-corrected chi connectivity index (χ0v) is 14.4. The van der Waals surface area contributed by atoms with E-state index in [1.54, 1.807) is 0 Å². The average Bonchev–Trinajstić information content (AvgIpc) is 2.60. The summed E-state index contributed by atoms with van der Waals surface area (Å²) in [7, 11) is 1.37. The molecule has 1 fully saturated rings. The first-order chi connectivity index (χ1) is 11.5. The first-order valence-corrected chi connectivity index (χ1v) is 8.42. The van der Waals surface area contributed by atoms with Gasteiger partial charge in [0, 0.05) is 44.6 Å². The third kappa shape index (κ3) is 4.77. The highest BCUT2D eigenvalue weighted by molar-refractivity contribution is 5.98. The fraction of sp³-hybridized carbons (Fsp3) is 0.556. The lowest BCUT2D eigenvalue weighted by Crippen LogP contribution is -2.48. The number of hydrogen-bond acceptors (Lipinski definition) is 4. The van der Waals surface area contributed by atoms with E-state index in [-0.39, 0.29) is 35.8 Å². The van der Waals surface area contributed by atoms with Crippen LogP contribution in [0.25, 0.3) is 0 Å². The number of carbonyl (C=O) groups excluding carboxylic acids is 2. The van der Waals surface area contributed by atoms with Crippen molar-refractivity contribution in [2.45, 2.75) is 26.2 Å². The maximum Gasteiger partial charge on any atom is 0.223 e. The fourth-order valence-corrected chi connectivity index (χ4v) is 2.90. The minimum absolute atomic E-state index is 0.00604. The number of carbonyl (C=O) groups is 2. The molecule has 0 bridgehead atoms. The van der Waals surface area contributed by atoms with Crippen LogP contribution in [-0.4, -0.2) is 61.3 Å². The van der Waals surface area contributed by atoms with Crippen molar-refractivity contribution >= 4 is 11.7 Å². The molecule has 1 aliphatic rings. The smallest absolute Gasteiger partial charge is 0.223 e. The van der Waals surface area contributed by atoms with Gasteiger partial charge in [-0.3, -0.25) is 14.5 Å². The SMILES string of the molecule is CCCN1CCN(C(=O)CCC(=O)c2ccc(OC)c(F)c2)CC1. The molecule has 0 unspecified atom stereocenters. The number of hydrogen-bond donors (Lipinski definition) is 0. The van der Waals surface area contributed by atoms with E-state index in [0.29, 0.717) is 13.1 Å². The Morgan fingerprint density at radius 2 is 1.88 bits per heavy atom. The fourth-order valence-electron chi connectivity index (χ4n) is 2.90. The first kappa shape index (κ1) is 18.4. The largest absolute Gasteiger partial charge is 0.494 e. The molecule has 6 heteroatoms. The number of Topliss-reactive ketones (excluding diaryl/α,β-unsaturated/α-hetero) is 1. The van der Waals surface area contributed by atoms with Crippen LogP contribution in [0.1, 0.15) is 36.5 Å². The van der Waals surface area contributed by atoms with Crippen LogP contribution in [0, 0.1) is 5.82 Å². The molecule has 24 heavy (non-hydrogen) atoms. The summed E-state index contributed by atoms with van der Waals surface area (Å²) in [5.74, 6) is -0.697. The topological polar surface area (TPSA) is 49.9 Å². The average molecular weight is 336 g/mol. The summed E-state index contributed by atoms with van der Waals surface area (Å²) in [6.07, 6.45) is 1.38. The molecule has 1 aliphatic heterocycles. The second kappa shape index (κ2) is 8.78. The molecule has 0 saturated carbocycles. The van der Waals surface area contributed by atoms with Gasteiger partial charge in [0.15, 0.2) is 17.3 Å². The lowest BCUT2D eigenvalue weighted by molar-refractivity contribution is -0.132. The molecular weight excluding hydrogens is 311 g/mol. The highest BCUT2D eigenvalue weighted by atomic mass is 19.1. The number of amides is 1. The molecule has 0 N–H and O–H groups in total. The Bertz CT molecular complexity index is 584. The molecule has 1 heterocycles.